The lowest BCUT2D eigenvalue weighted by atomic mass is 10.1. The largest absolute Gasteiger partial charge is 0.326 e. The fourth-order valence-corrected chi connectivity index (χ4v) is 2.00. The SMILES string of the molecule is CC(=O)Nc1cccc(-c2cnn3cccnc23)c1. The summed E-state index contributed by atoms with van der Waals surface area (Å²) in [6.07, 6.45) is 5.36. The lowest BCUT2D eigenvalue weighted by Gasteiger charge is -2.04. The Labute approximate surface area is 109 Å². The Balaban J connectivity index is 2.09. The van der Waals surface area contributed by atoms with E-state index in [9.17, 15) is 4.79 Å². The van der Waals surface area contributed by atoms with E-state index in [0.29, 0.717) is 0 Å². The molecule has 2 heterocycles. The molecule has 0 aliphatic rings. The maximum absolute atomic E-state index is 11.1. The van der Waals surface area contributed by atoms with Crippen molar-refractivity contribution < 1.29 is 4.79 Å². The summed E-state index contributed by atoms with van der Waals surface area (Å²) >= 11 is 0. The van der Waals surface area contributed by atoms with Crippen molar-refractivity contribution in [2.75, 3.05) is 5.32 Å². The monoisotopic (exact) mass is 252 g/mol. The Morgan fingerprint density at radius 1 is 1.32 bits per heavy atom. The number of amides is 1. The van der Waals surface area contributed by atoms with Crippen molar-refractivity contribution >= 4 is 17.2 Å². The normalized spacial score (nSPS) is 10.6. The zero-order valence-corrected chi connectivity index (χ0v) is 10.4. The van der Waals surface area contributed by atoms with Gasteiger partial charge in [0.25, 0.3) is 0 Å². The Hall–Kier alpha value is -2.69. The van der Waals surface area contributed by atoms with Gasteiger partial charge in [-0.25, -0.2) is 9.50 Å². The lowest BCUT2D eigenvalue weighted by molar-refractivity contribution is -0.114. The average molecular weight is 252 g/mol. The van der Waals surface area contributed by atoms with Crippen LogP contribution in [0.15, 0.2) is 48.9 Å². The molecule has 0 saturated heterocycles. The summed E-state index contributed by atoms with van der Waals surface area (Å²) in [6, 6.07) is 9.46. The lowest BCUT2D eigenvalue weighted by Crippen LogP contribution is -2.05. The molecule has 0 saturated carbocycles. The molecular weight excluding hydrogens is 240 g/mol. The van der Waals surface area contributed by atoms with E-state index in [1.54, 1.807) is 16.9 Å². The van der Waals surface area contributed by atoms with E-state index >= 15 is 0 Å². The van der Waals surface area contributed by atoms with Gasteiger partial charge in [0, 0.05) is 30.6 Å². The molecule has 3 aromatic rings. The van der Waals surface area contributed by atoms with Gasteiger partial charge in [0.1, 0.15) is 0 Å². The van der Waals surface area contributed by atoms with Crippen LogP contribution in [0.3, 0.4) is 0 Å². The van der Waals surface area contributed by atoms with Gasteiger partial charge >= 0.3 is 0 Å². The number of anilines is 1. The molecule has 0 bridgehead atoms. The number of fused-ring (bicyclic) bond motifs is 1. The molecule has 3 rings (SSSR count). The van der Waals surface area contributed by atoms with Gasteiger partial charge in [0.2, 0.25) is 5.91 Å². The molecule has 1 N–H and O–H groups in total. The number of aromatic nitrogens is 3. The van der Waals surface area contributed by atoms with Crippen molar-refractivity contribution in [3.8, 4) is 11.1 Å². The molecule has 0 radical (unpaired) electrons. The third kappa shape index (κ3) is 2.18. The van der Waals surface area contributed by atoms with Crippen molar-refractivity contribution in [1.29, 1.82) is 0 Å². The van der Waals surface area contributed by atoms with Crippen LogP contribution in [0.1, 0.15) is 6.92 Å². The van der Waals surface area contributed by atoms with Crippen LogP contribution in [-0.4, -0.2) is 20.5 Å². The Morgan fingerprint density at radius 2 is 2.21 bits per heavy atom. The van der Waals surface area contributed by atoms with Crippen LogP contribution in [0, 0.1) is 0 Å². The first kappa shape index (κ1) is 11.4. The Kier molecular flexibility index (Phi) is 2.72. The van der Waals surface area contributed by atoms with E-state index in [-0.39, 0.29) is 5.91 Å². The van der Waals surface area contributed by atoms with Gasteiger partial charge in [0.15, 0.2) is 5.65 Å². The molecule has 0 aliphatic carbocycles. The van der Waals surface area contributed by atoms with Crippen LogP contribution in [0.4, 0.5) is 5.69 Å². The van der Waals surface area contributed by atoms with Gasteiger partial charge < -0.3 is 5.32 Å². The van der Waals surface area contributed by atoms with Crippen LogP contribution in [0.5, 0.6) is 0 Å². The minimum atomic E-state index is -0.0878. The molecule has 0 atom stereocenters. The fourth-order valence-electron chi connectivity index (χ4n) is 2.00. The quantitative estimate of drug-likeness (QED) is 0.761. The van der Waals surface area contributed by atoms with Gasteiger partial charge in [-0.3, -0.25) is 4.79 Å². The molecule has 1 aromatic carbocycles. The van der Waals surface area contributed by atoms with Crippen molar-refractivity contribution in [3.05, 3.63) is 48.9 Å². The Bertz CT molecular complexity index is 748. The van der Waals surface area contributed by atoms with E-state index in [2.05, 4.69) is 15.4 Å². The summed E-state index contributed by atoms with van der Waals surface area (Å²) < 4.78 is 1.72. The molecule has 1 amide bonds. The molecule has 0 spiro atoms. The summed E-state index contributed by atoms with van der Waals surface area (Å²) in [7, 11) is 0. The van der Waals surface area contributed by atoms with Gasteiger partial charge in [-0.2, -0.15) is 5.10 Å². The summed E-state index contributed by atoms with van der Waals surface area (Å²) in [5.74, 6) is -0.0878. The van der Waals surface area contributed by atoms with Crippen LogP contribution in [0.25, 0.3) is 16.8 Å². The van der Waals surface area contributed by atoms with Gasteiger partial charge in [-0.05, 0) is 23.8 Å². The molecular formula is C14H12N4O. The number of hydrogen-bond donors (Lipinski definition) is 1. The molecule has 94 valence electrons. The van der Waals surface area contributed by atoms with Crippen LogP contribution >= 0.6 is 0 Å². The zero-order chi connectivity index (χ0) is 13.2. The maximum atomic E-state index is 11.1. The zero-order valence-electron chi connectivity index (χ0n) is 10.4. The van der Waals surface area contributed by atoms with Gasteiger partial charge in [-0.15, -0.1) is 0 Å². The molecule has 19 heavy (non-hydrogen) atoms. The van der Waals surface area contributed by atoms with Gasteiger partial charge in [-0.1, -0.05) is 12.1 Å². The van der Waals surface area contributed by atoms with Crippen molar-refractivity contribution in [2.24, 2.45) is 0 Å². The Morgan fingerprint density at radius 3 is 3.05 bits per heavy atom. The molecule has 5 heteroatoms. The van der Waals surface area contributed by atoms with Crippen LogP contribution in [0.2, 0.25) is 0 Å². The number of benzene rings is 1. The number of rotatable bonds is 2. The number of carbonyl (C=O) groups excluding carboxylic acids is 1. The first-order valence-electron chi connectivity index (χ1n) is 5.90. The van der Waals surface area contributed by atoms with Crippen LogP contribution < -0.4 is 5.32 Å². The highest BCUT2D eigenvalue weighted by Crippen LogP contribution is 2.25. The van der Waals surface area contributed by atoms with Crippen molar-refractivity contribution in [1.82, 2.24) is 14.6 Å². The first-order valence-corrected chi connectivity index (χ1v) is 5.90. The molecule has 0 fully saturated rings. The number of carbonyl (C=O) groups is 1. The van der Waals surface area contributed by atoms with E-state index in [1.165, 1.54) is 6.92 Å². The molecule has 0 unspecified atom stereocenters. The number of nitrogens with one attached hydrogen (secondary N) is 1. The molecule has 2 aromatic heterocycles. The van der Waals surface area contributed by atoms with Crippen LogP contribution in [-0.2, 0) is 4.79 Å². The topological polar surface area (TPSA) is 59.3 Å². The highest BCUT2D eigenvalue weighted by molar-refractivity contribution is 5.90. The van der Waals surface area contributed by atoms with Gasteiger partial charge in [0.05, 0.1) is 6.20 Å². The summed E-state index contributed by atoms with van der Waals surface area (Å²) in [6.45, 7) is 1.49. The van der Waals surface area contributed by atoms with E-state index < -0.39 is 0 Å². The standard InChI is InChI=1S/C14H12N4O/c1-10(19)17-12-5-2-4-11(8-12)13-9-16-18-7-3-6-15-14(13)18/h2-9H,1H3,(H,17,19). The minimum absolute atomic E-state index is 0.0878. The second kappa shape index (κ2) is 4.53. The fraction of sp³-hybridized carbons (Fsp3) is 0.0714. The number of nitrogens with zero attached hydrogens (tertiary/aromatic N) is 3. The van der Waals surface area contributed by atoms with E-state index in [4.69, 9.17) is 0 Å². The van der Waals surface area contributed by atoms with E-state index in [1.807, 2.05) is 36.5 Å². The molecule has 0 aliphatic heterocycles. The highest BCUT2D eigenvalue weighted by Gasteiger charge is 2.08. The number of hydrogen-bond acceptors (Lipinski definition) is 3. The predicted molar refractivity (Wildman–Crippen MR) is 72.7 cm³/mol. The maximum Gasteiger partial charge on any atom is 0.221 e. The molecule has 5 nitrogen and oxygen atoms in total. The average Bonchev–Trinajstić information content (AvgIpc) is 2.82. The highest BCUT2D eigenvalue weighted by atomic mass is 16.1. The van der Waals surface area contributed by atoms with Crippen molar-refractivity contribution in [3.63, 3.8) is 0 Å². The summed E-state index contributed by atoms with van der Waals surface area (Å²) in [5, 5.41) is 7.02. The predicted octanol–water partition coefficient (Wildman–Crippen LogP) is 2.35. The van der Waals surface area contributed by atoms with Crippen molar-refractivity contribution in [2.45, 2.75) is 6.92 Å². The minimum Gasteiger partial charge on any atom is -0.326 e. The summed E-state index contributed by atoms with van der Waals surface area (Å²) in [4.78, 5) is 15.4. The third-order valence-electron chi connectivity index (χ3n) is 2.77. The smallest absolute Gasteiger partial charge is 0.221 e. The second-order valence-electron chi connectivity index (χ2n) is 4.21. The summed E-state index contributed by atoms with van der Waals surface area (Å²) in [5.41, 5.74) is 3.47. The van der Waals surface area contributed by atoms with E-state index in [0.717, 1.165) is 22.5 Å². The third-order valence-corrected chi connectivity index (χ3v) is 2.77. The first-order chi connectivity index (χ1) is 9.24. The second-order valence-corrected chi connectivity index (χ2v) is 4.21.